The van der Waals surface area contributed by atoms with Crippen LogP contribution < -0.4 is 19.4 Å². The fraction of sp³-hybridized carbons (Fsp3) is 0.235. The van der Waals surface area contributed by atoms with Gasteiger partial charge < -0.3 is 14.3 Å². The van der Waals surface area contributed by atoms with E-state index in [1.165, 1.54) is 5.06 Å². The second-order valence-corrected chi connectivity index (χ2v) is 5.01. The summed E-state index contributed by atoms with van der Waals surface area (Å²) in [5.74, 6) is 1.73. The summed E-state index contributed by atoms with van der Waals surface area (Å²) in [7, 11) is 3.14. The van der Waals surface area contributed by atoms with E-state index in [4.69, 9.17) is 14.3 Å². The van der Waals surface area contributed by atoms with Gasteiger partial charge in [-0.15, -0.1) is 0 Å². The number of hydrogen-bond donors (Lipinski definition) is 0. The molecule has 3 rings (SSSR count). The second kappa shape index (κ2) is 5.60. The first-order valence-corrected chi connectivity index (χ1v) is 6.95. The van der Waals surface area contributed by atoms with Gasteiger partial charge in [0.2, 0.25) is 0 Å². The van der Waals surface area contributed by atoms with Crippen LogP contribution in [0.5, 0.6) is 17.2 Å². The maximum Gasteiger partial charge on any atom is 0.189 e. The van der Waals surface area contributed by atoms with Crippen molar-refractivity contribution in [3.05, 3.63) is 47.5 Å². The molecule has 1 aliphatic heterocycles. The first-order valence-electron chi connectivity index (χ1n) is 6.95. The van der Waals surface area contributed by atoms with Crippen molar-refractivity contribution in [2.45, 2.75) is 6.92 Å². The van der Waals surface area contributed by atoms with E-state index < -0.39 is 0 Å². The Morgan fingerprint density at radius 1 is 1.05 bits per heavy atom. The Kier molecular flexibility index (Phi) is 3.63. The maximum absolute atomic E-state index is 12.5. The number of ether oxygens (including phenoxy) is 2. The highest BCUT2D eigenvalue weighted by Gasteiger charge is 2.30. The monoisotopic (exact) mass is 299 g/mol. The average molecular weight is 299 g/mol. The minimum atomic E-state index is 0.00677. The molecule has 0 atom stereocenters. The molecule has 0 bridgehead atoms. The van der Waals surface area contributed by atoms with E-state index in [0.717, 1.165) is 5.56 Å². The predicted octanol–water partition coefficient (Wildman–Crippen LogP) is 3.01. The normalized spacial score (nSPS) is 13.4. The molecule has 0 fully saturated rings. The molecule has 0 amide bonds. The third-order valence-corrected chi connectivity index (χ3v) is 3.66. The number of para-hydroxylation sites is 1. The molecule has 1 aliphatic rings. The molecule has 5 nitrogen and oxygen atoms in total. The van der Waals surface area contributed by atoms with Crippen LogP contribution in [0.2, 0.25) is 0 Å². The van der Waals surface area contributed by atoms with Crippen molar-refractivity contribution in [2.75, 3.05) is 25.8 Å². The number of rotatable bonds is 3. The van der Waals surface area contributed by atoms with E-state index in [0.29, 0.717) is 28.5 Å². The van der Waals surface area contributed by atoms with Gasteiger partial charge in [-0.05, 0) is 30.7 Å². The zero-order valence-corrected chi connectivity index (χ0v) is 12.8. The number of fused-ring (bicyclic) bond motifs is 1. The van der Waals surface area contributed by atoms with Gasteiger partial charge >= 0.3 is 0 Å². The van der Waals surface area contributed by atoms with Crippen molar-refractivity contribution in [1.29, 1.82) is 0 Å². The summed E-state index contributed by atoms with van der Waals surface area (Å²) in [6, 6.07) is 11.0. The zero-order valence-electron chi connectivity index (χ0n) is 12.8. The smallest absolute Gasteiger partial charge is 0.189 e. The summed E-state index contributed by atoms with van der Waals surface area (Å²) in [5, 5.41) is 1.52. The largest absolute Gasteiger partial charge is 0.494 e. The van der Waals surface area contributed by atoms with Crippen molar-refractivity contribution < 1.29 is 19.1 Å². The lowest BCUT2D eigenvalue weighted by atomic mass is 10.0. The number of nitrogens with zero attached hydrogens (tertiary/aromatic N) is 1. The Morgan fingerprint density at radius 3 is 2.32 bits per heavy atom. The average Bonchev–Trinajstić information content (AvgIpc) is 2.53. The lowest BCUT2D eigenvalue weighted by Gasteiger charge is -2.31. The van der Waals surface area contributed by atoms with Crippen LogP contribution in [0.4, 0.5) is 5.69 Å². The fourth-order valence-electron chi connectivity index (χ4n) is 2.64. The van der Waals surface area contributed by atoms with Crippen LogP contribution in [-0.4, -0.2) is 26.5 Å². The number of Topliss-reactive ketones (excluding diaryl/α,β-unsaturated/α-hetero) is 1. The highest BCUT2D eigenvalue weighted by atomic mass is 16.7. The summed E-state index contributed by atoms with van der Waals surface area (Å²) in [5.41, 5.74) is 2.15. The Balaban J connectivity index is 2.07. The van der Waals surface area contributed by atoms with Crippen LogP contribution in [0, 0.1) is 6.92 Å². The summed E-state index contributed by atoms with van der Waals surface area (Å²) in [6.07, 6.45) is 0. The zero-order chi connectivity index (χ0) is 15.7. The molecule has 0 radical (unpaired) electrons. The Bertz CT molecular complexity index is 704. The fourth-order valence-corrected chi connectivity index (χ4v) is 2.64. The van der Waals surface area contributed by atoms with Crippen LogP contribution in [0.25, 0.3) is 0 Å². The van der Waals surface area contributed by atoms with Crippen LogP contribution in [0.15, 0.2) is 36.4 Å². The van der Waals surface area contributed by atoms with Gasteiger partial charge in [-0.3, -0.25) is 4.79 Å². The van der Waals surface area contributed by atoms with Crippen molar-refractivity contribution in [3.63, 3.8) is 0 Å². The van der Waals surface area contributed by atoms with Gasteiger partial charge in [-0.25, -0.2) is 0 Å². The van der Waals surface area contributed by atoms with Crippen molar-refractivity contribution >= 4 is 11.5 Å². The van der Waals surface area contributed by atoms with Gasteiger partial charge in [0, 0.05) is 0 Å². The number of carbonyl (C=O) groups is 1. The maximum atomic E-state index is 12.5. The van der Waals surface area contributed by atoms with Crippen LogP contribution in [0.1, 0.15) is 15.9 Å². The van der Waals surface area contributed by atoms with Gasteiger partial charge in [0.25, 0.3) is 0 Å². The molecule has 0 N–H and O–H groups in total. The summed E-state index contributed by atoms with van der Waals surface area (Å²) < 4.78 is 10.8. The molecule has 5 heteroatoms. The van der Waals surface area contributed by atoms with Gasteiger partial charge in [0.05, 0.1) is 19.8 Å². The minimum Gasteiger partial charge on any atom is -0.494 e. The topological polar surface area (TPSA) is 48.0 Å². The number of carbonyl (C=O) groups excluding carboxylic acids is 1. The van der Waals surface area contributed by atoms with E-state index >= 15 is 0 Å². The van der Waals surface area contributed by atoms with E-state index in [9.17, 15) is 4.79 Å². The first kappa shape index (κ1) is 14.3. The molecule has 1 heterocycles. The molecule has 2 aromatic carbocycles. The number of aryl methyl sites for hydroxylation is 1. The van der Waals surface area contributed by atoms with Crippen molar-refractivity contribution in [1.82, 2.24) is 0 Å². The quantitative estimate of drug-likeness (QED) is 0.872. The third kappa shape index (κ3) is 2.24. The molecule has 2 aromatic rings. The molecule has 0 aliphatic carbocycles. The number of hydrogen-bond acceptors (Lipinski definition) is 5. The lowest BCUT2D eigenvalue weighted by Crippen LogP contribution is -2.38. The molecule has 0 saturated heterocycles. The highest BCUT2D eigenvalue weighted by Crippen LogP contribution is 2.40. The number of methoxy groups -OCH3 is 2. The van der Waals surface area contributed by atoms with Gasteiger partial charge in [-0.2, -0.15) is 5.06 Å². The highest BCUT2D eigenvalue weighted by molar-refractivity contribution is 6.04. The Labute approximate surface area is 129 Å². The van der Waals surface area contributed by atoms with Gasteiger partial charge in [-0.1, -0.05) is 18.2 Å². The number of anilines is 1. The van der Waals surface area contributed by atoms with E-state index in [1.807, 2.05) is 25.1 Å². The van der Waals surface area contributed by atoms with Crippen LogP contribution >= 0.6 is 0 Å². The molecular weight excluding hydrogens is 282 g/mol. The SMILES string of the molecule is COc1cccc(OC)c1N1CC(=O)c2c(C)cccc2O1. The Hall–Kier alpha value is -2.69. The second-order valence-electron chi connectivity index (χ2n) is 5.01. The minimum absolute atomic E-state index is 0.00677. The van der Waals surface area contributed by atoms with Crippen LogP contribution in [-0.2, 0) is 0 Å². The van der Waals surface area contributed by atoms with Crippen LogP contribution in [0.3, 0.4) is 0 Å². The first-order chi connectivity index (χ1) is 10.7. The molecule has 22 heavy (non-hydrogen) atoms. The molecule has 0 unspecified atom stereocenters. The number of hydroxylamine groups is 1. The number of benzene rings is 2. The van der Waals surface area contributed by atoms with E-state index in [2.05, 4.69) is 0 Å². The standard InChI is InChI=1S/C17H17NO4/c1-11-6-4-7-13-16(11)12(19)10-18(22-13)17-14(20-2)8-5-9-15(17)21-3/h4-9H,10H2,1-3H3. The molecule has 114 valence electrons. The molecule has 0 spiro atoms. The lowest BCUT2D eigenvalue weighted by molar-refractivity contribution is 0.0940. The molecular formula is C17H17NO4. The van der Waals surface area contributed by atoms with Gasteiger partial charge in [0.15, 0.2) is 17.2 Å². The number of ketones is 1. The van der Waals surface area contributed by atoms with Crippen molar-refractivity contribution in [3.8, 4) is 17.2 Å². The summed E-state index contributed by atoms with van der Waals surface area (Å²) in [6.45, 7) is 2.01. The molecule has 0 saturated carbocycles. The van der Waals surface area contributed by atoms with E-state index in [1.54, 1.807) is 32.4 Å². The van der Waals surface area contributed by atoms with E-state index in [-0.39, 0.29) is 12.3 Å². The summed E-state index contributed by atoms with van der Waals surface area (Å²) in [4.78, 5) is 18.4. The Morgan fingerprint density at radius 2 is 1.68 bits per heavy atom. The predicted molar refractivity (Wildman–Crippen MR) is 83.0 cm³/mol. The molecule has 0 aromatic heterocycles. The summed E-state index contributed by atoms with van der Waals surface area (Å²) >= 11 is 0. The van der Waals surface area contributed by atoms with Gasteiger partial charge in [0.1, 0.15) is 18.0 Å². The third-order valence-electron chi connectivity index (χ3n) is 3.66. The van der Waals surface area contributed by atoms with Crippen molar-refractivity contribution in [2.24, 2.45) is 0 Å².